The van der Waals surface area contributed by atoms with Gasteiger partial charge in [-0.1, -0.05) is 34.1 Å². The molecule has 1 nitrogen and oxygen atoms in total. The molecule has 1 heteroatoms. The zero-order chi connectivity index (χ0) is 9.35. The largest absolute Gasteiger partial charge is 0.327 e. The molecular formula is C11H23N. The number of rotatable bonds is 0. The van der Waals surface area contributed by atoms with Gasteiger partial charge in [0.25, 0.3) is 0 Å². The van der Waals surface area contributed by atoms with E-state index in [1.165, 1.54) is 19.3 Å². The maximum atomic E-state index is 6.16. The van der Waals surface area contributed by atoms with Crippen molar-refractivity contribution in [3.8, 4) is 0 Å². The molecule has 0 radical (unpaired) electrons. The lowest BCUT2D eigenvalue weighted by Gasteiger charge is -2.40. The molecule has 0 spiro atoms. The molecule has 0 heterocycles. The molecule has 0 aromatic heterocycles. The lowest BCUT2D eigenvalue weighted by molar-refractivity contribution is 0.129. The normalized spacial score (nSPS) is 38.2. The molecule has 3 atom stereocenters. The Bertz CT molecular complexity index is 146. The summed E-state index contributed by atoms with van der Waals surface area (Å²) in [5.74, 6) is 1.58. The second kappa shape index (κ2) is 3.37. The van der Waals surface area contributed by atoms with Crippen LogP contribution < -0.4 is 5.73 Å². The fourth-order valence-corrected chi connectivity index (χ4v) is 2.50. The van der Waals surface area contributed by atoms with Gasteiger partial charge in [-0.15, -0.1) is 0 Å². The summed E-state index contributed by atoms with van der Waals surface area (Å²) in [5, 5.41) is 0. The topological polar surface area (TPSA) is 26.0 Å². The summed E-state index contributed by atoms with van der Waals surface area (Å²) in [6.07, 6.45) is 3.92. The Morgan fingerprint density at radius 1 is 1.17 bits per heavy atom. The van der Waals surface area contributed by atoms with E-state index in [1.807, 2.05) is 0 Å². The SMILES string of the molecule is CC1CCC(C(C)(C)C)C(N)C1. The highest BCUT2D eigenvalue weighted by atomic mass is 14.7. The summed E-state index contributed by atoms with van der Waals surface area (Å²) in [5.41, 5.74) is 6.56. The van der Waals surface area contributed by atoms with Gasteiger partial charge in [-0.3, -0.25) is 0 Å². The molecule has 0 saturated heterocycles. The third-order valence-corrected chi connectivity index (χ3v) is 3.27. The van der Waals surface area contributed by atoms with Crippen LogP contribution in [0.1, 0.15) is 47.0 Å². The number of hydrogen-bond acceptors (Lipinski definition) is 1. The van der Waals surface area contributed by atoms with Crippen molar-refractivity contribution >= 4 is 0 Å². The predicted octanol–water partition coefficient (Wildman–Crippen LogP) is 2.80. The van der Waals surface area contributed by atoms with Gasteiger partial charge in [0.2, 0.25) is 0 Å². The van der Waals surface area contributed by atoms with Gasteiger partial charge < -0.3 is 5.73 Å². The molecule has 1 fully saturated rings. The molecule has 1 aliphatic carbocycles. The van der Waals surface area contributed by atoms with Gasteiger partial charge in [0.15, 0.2) is 0 Å². The Hall–Kier alpha value is -0.0400. The highest BCUT2D eigenvalue weighted by Gasteiger charge is 2.33. The number of nitrogens with two attached hydrogens (primary N) is 1. The van der Waals surface area contributed by atoms with Crippen molar-refractivity contribution in [2.24, 2.45) is 23.0 Å². The Kier molecular flexibility index (Phi) is 2.82. The van der Waals surface area contributed by atoms with E-state index < -0.39 is 0 Å². The highest BCUT2D eigenvalue weighted by molar-refractivity contribution is 4.87. The van der Waals surface area contributed by atoms with Crippen LogP contribution in [0, 0.1) is 17.3 Å². The van der Waals surface area contributed by atoms with Crippen LogP contribution in [-0.2, 0) is 0 Å². The lowest BCUT2D eigenvalue weighted by Crippen LogP contribution is -2.42. The van der Waals surface area contributed by atoms with Gasteiger partial charge in [0, 0.05) is 6.04 Å². The van der Waals surface area contributed by atoms with Crippen LogP contribution in [0.2, 0.25) is 0 Å². The van der Waals surface area contributed by atoms with E-state index in [0.29, 0.717) is 11.5 Å². The summed E-state index contributed by atoms with van der Waals surface area (Å²) in [6.45, 7) is 9.26. The van der Waals surface area contributed by atoms with Crippen LogP contribution in [0.25, 0.3) is 0 Å². The van der Waals surface area contributed by atoms with Gasteiger partial charge in [-0.25, -0.2) is 0 Å². The maximum Gasteiger partial charge on any atom is 0.00746 e. The molecule has 0 aromatic carbocycles. The summed E-state index contributed by atoms with van der Waals surface area (Å²) >= 11 is 0. The van der Waals surface area contributed by atoms with E-state index >= 15 is 0 Å². The van der Waals surface area contributed by atoms with Crippen molar-refractivity contribution in [1.29, 1.82) is 0 Å². The van der Waals surface area contributed by atoms with E-state index in [-0.39, 0.29) is 0 Å². The summed E-state index contributed by atoms with van der Waals surface area (Å²) in [7, 11) is 0. The molecule has 2 N–H and O–H groups in total. The third-order valence-electron chi connectivity index (χ3n) is 3.27. The summed E-state index contributed by atoms with van der Waals surface area (Å²) < 4.78 is 0. The molecule has 1 aliphatic rings. The standard InChI is InChI=1S/C11H23N/c1-8-5-6-9(10(12)7-8)11(2,3)4/h8-10H,5-7,12H2,1-4H3. The molecule has 1 saturated carbocycles. The van der Waals surface area contributed by atoms with Gasteiger partial charge in [-0.05, 0) is 30.1 Å². The van der Waals surface area contributed by atoms with E-state index in [2.05, 4.69) is 27.7 Å². The minimum absolute atomic E-state index is 0.402. The van der Waals surface area contributed by atoms with Crippen LogP contribution in [0.3, 0.4) is 0 Å². The molecule has 0 aliphatic heterocycles. The van der Waals surface area contributed by atoms with Crippen molar-refractivity contribution < 1.29 is 0 Å². The van der Waals surface area contributed by atoms with Gasteiger partial charge in [0.1, 0.15) is 0 Å². The van der Waals surface area contributed by atoms with Crippen LogP contribution >= 0.6 is 0 Å². The van der Waals surface area contributed by atoms with Gasteiger partial charge in [0.05, 0.1) is 0 Å². The maximum absolute atomic E-state index is 6.16. The smallest absolute Gasteiger partial charge is 0.00746 e. The molecule has 0 aromatic rings. The predicted molar refractivity (Wildman–Crippen MR) is 53.9 cm³/mol. The first-order valence-electron chi connectivity index (χ1n) is 5.17. The molecular weight excluding hydrogens is 146 g/mol. The molecule has 1 rings (SSSR count). The Labute approximate surface area is 76.7 Å². The van der Waals surface area contributed by atoms with Crippen molar-refractivity contribution in [3.05, 3.63) is 0 Å². The van der Waals surface area contributed by atoms with Crippen molar-refractivity contribution in [2.45, 2.75) is 53.0 Å². The average Bonchev–Trinajstić information content (AvgIpc) is 1.83. The average molecular weight is 169 g/mol. The summed E-state index contributed by atoms with van der Waals surface area (Å²) in [4.78, 5) is 0. The third kappa shape index (κ3) is 2.22. The number of hydrogen-bond donors (Lipinski definition) is 1. The molecule has 3 unspecified atom stereocenters. The molecule has 72 valence electrons. The first-order chi connectivity index (χ1) is 5.41. The first-order valence-corrected chi connectivity index (χ1v) is 5.17. The second-order valence-electron chi connectivity index (χ2n) is 5.55. The van der Waals surface area contributed by atoms with Gasteiger partial charge >= 0.3 is 0 Å². The van der Waals surface area contributed by atoms with Crippen molar-refractivity contribution in [3.63, 3.8) is 0 Å². The van der Waals surface area contributed by atoms with Gasteiger partial charge in [-0.2, -0.15) is 0 Å². The fraction of sp³-hybridized carbons (Fsp3) is 1.00. The zero-order valence-corrected chi connectivity index (χ0v) is 8.93. The lowest BCUT2D eigenvalue weighted by atomic mass is 9.67. The quantitative estimate of drug-likeness (QED) is 0.593. The molecule has 0 bridgehead atoms. The first kappa shape index (κ1) is 10.0. The Morgan fingerprint density at radius 2 is 1.75 bits per heavy atom. The van der Waals surface area contributed by atoms with Crippen molar-refractivity contribution in [2.75, 3.05) is 0 Å². The van der Waals surface area contributed by atoms with Crippen LogP contribution in [0.15, 0.2) is 0 Å². The highest BCUT2D eigenvalue weighted by Crippen LogP contribution is 2.38. The minimum Gasteiger partial charge on any atom is -0.327 e. The van der Waals surface area contributed by atoms with Crippen LogP contribution in [0.4, 0.5) is 0 Å². The molecule has 12 heavy (non-hydrogen) atoms. The Morgan fingerprint density at radius 3 is 2.17 bits per heavy atom. The van der Waals surface area contributed by atoms with E-state index in [4.69, 9.17) is 5.73 Å². The molecule has 0 amide bonds. The van der Waals surface area contributed by atoms with E-state index in [0.717, 1.165) is 11.8 Å². The van der Waals surface area contributed by atoms with Crippen molar-refractivity contribution in [1.82, 2.24) is 0 Å². The van der Waals surface area contributed by atoms with Crippen LogP contribution in [-0.4, -0.2) is 6.04 Å². The zero-order valence-electron chi connectivity index (χ0n) is 8.93. The summed E-state index contributed by atoms with van der Waals surface area (Å²) in [6, 6.07) is 0.439. The Balaban J connectivity index is 2.57. The second-order valence-corrected chi connectivity index (χ2v) is 5.55. The minimum atomic E-state index is 0.402. The van der Waals surface area contributed by atoms with E-state index in [1.54, 1.807) is 0 Å². The van der Waals surface area contributed by atoms with Crippen LogP contribution in [0.5, 0.6) is 0 Å². The monoisotopic (exact) mass is 169 g/mol. The van der Waals surface area contributed by atoms with E-state index in [9.17, 15) is 0 Å². The fourth-order valence-electron chi connectivity index (χ4n) is 2.50.